The van der Waals surface area contributed by atoms with Gasteiger partial charge in [0, 0.05) is 19.1 Å². The van der Waals surface area contributed by atoms with Crippen LogP contribution in [0.3, 0.4) is 0 Å². The smallest absolute Gasteiger partial charge is 0.0224 e. The molecule has 0 radical (unpaired) electrons. The number of aryl methyl sites for hydroxylation is 1. The summed E-state index contributed by atoms with van der Waals surface area (Å²) in [5, 5.41) is 3.92. The first-order valence-electron chi connectivity index (χ1n) is 8.44. The van der Waals surface area contributed by atoms with Crippen molar-refractivity contribution in [3.8, 4) is 0 Å². The van der Waals surface area contributed by atoms with E-state index >= 15 is 0 Å². The van der Waals surface area contributed by atoms with Gasteiger partial charge >= 0.3 is 0 Å². The highest BCUT2D eigenvalue weighted by atomic mass is 35.5. The minimum absolute atomic E-state index is 0. The molecule has 5 rings (SSSR count). The van der Waals surface area contributed by atoms with E-state index in [0.29, 0.717) is 0 Å². The van der Waals surface area contributed by atoms with Gasteiger partial charge in [0.15, 0.2) is 0 Å². The first kappa shape index (κ1) is 18.1. The van der Waals surface area contributed by atoms with Gasteiger partial charge in [-0.15, -0.1) is 24.8 Å². The highest BCUT2D eigenvalue weighted by Gasteiger charge is 2.34. The van der Waals surface area contributed by atoms with E-state index in [9.17, 15) is 0 Å². The van der Waals surface area contributed by atoms with Crippen LogP contribution in [0.25, 0.3) is 0 Å². The predicted octanol–water partition coefficient (Wildman–Crippen LogP) is 3.63. The molecule has 2 bridgehead atoms. The van der Waals surface area contributed by atoms with Gasteiger partial charge in [0.1, 0.15) is 0 Å². The summed E-state index contributed by atoms with van der Waals surface area (Å²) in [6.45, 7) is 5.16. The lowest BCUT2D eigenvalue weighted by Crippen LogP contribution is -2.56. The van der Waals surface area contributed by atoms with E-state index in [-0.39, 0.29) is 24.8 Å². The Morgan fingerprint density at radius 2 is 1.82 bits per heavy atom. The van der Waals surface area contributed by atoms with Crippen LogP contribution in [0, 0.1) is 5.92 Å². The number of nitrogens with one attached hydrogen (secondary N) is 1. The highest BCUT2D eigenvalue weighted by Crippen LogP contribution is 2.32. The molecular weight excluding hydrogens is 315 g/mol. The summed E-state index contributed by atoms with van der Waals surface area (Å²) in [6, 6.07) is 9.85. The third kappa shape index (κ3) is 3.62. The molecule has 0 saturated carbocycles. The zero-order valence-electron chi connectivity index (χ0n) is 13.2. The fourth-order valence-electron chi connectivity index (χ4n) is 4.56. The zero-order valence-corrected chi connectivity index (χ0v) is 14.8. The van der Waals surface area contributed by atoms with Crippen molar-refractivity contribution in [2.45, 2.75) is 44.1 Å². The zero-order chi connectivity index (χ0) is 13.4. The first-order chi connectivity index (χ1) is 9.90. The number of hydrogen-bond donors (Lipinski definition) is 1. The summed E-state index contributed by atoms with van der Waals surface area (Å²) in [6.07, 6.45) is 6.85. The normalized spacial score (nSPS) is 32.5. The second-order valence-corrected chi connectivity index (χ2v) is 6.94. The largest absolute Gasteiger partial charge is 0.312 e. The Morgan fingerprint density at radius 3 is 2.55 bits per heavy atom. The molecule has 4 aliphatic rings. The molecule has 0 aromatic heterocycles. The number of halogens is 2. The second kappa shape index (κ2) is 8.01. The molecule has 0 amide bonds. The van der Waals surface area contributed by atoms with Gasteiger partial charge in [-0.05, 0) is 68.2 Å². The van der Waals surface area contributed by atoms with E-state index in [1.165, 1.54) is 58.3 Å². The molecule has 1 N–H and O–H groups in total. The molecule has 2 nitrogen and oxygen atoms in total. The van der Waals surface area contributed by atoms with E-state index in [2.05, 4.69) is 34.5 Å². The van der Waals surface area contributed by atoms with E-state index < -0.39 is 0 Å². The molecule has 0 spiro atoms. The summed E-state index contributed by atoms with van der Waals surface area (Å²) in [4.78, 5) is 2.65. The number of fused-ring (bicyclic) bond motifs is 4. The van der Waals surface area contributed by atoms with Crippen LogP contribution in [0.4, 0.5) is 0 Å². The number of piperidine rings is 3. The molecule has 3 saturated heterocycles. The van der Waals surface area contributed by atoms with Gasteiger partial charge in [-0.2, -0.15) is 0 Å². The maximum Gasteiger partial charge on any atom is 0.0224 e. The quantitative estimate of drug-likeness (QED) is 0.902. The van der Waals surface area contributed by atoms with Gasteiger partial charge in [-0.1, -0.05) is 24.3 Å². The van der Waals surface area contributed by atoms with Crippen molar-refractivity contribution in [1.29, 1.82) is 0 Å². The molecule has 2 atom stereocenters. The fraction of sp³-hybridized carbons (Fsp3) is 0.667. The van der Waals surface area contributed by atoms with Gasteiger partial charge in [-0.3, -0.25) is 0 Å². The number of rotatable bonds is 3. The van der Waals surface area contributed by atoms with E-state index in [4.69, 9.17) is 0 Å². The fourth-order valence-corrected chi connectivity index (χ4v) is 4.56. The highest BCUT2D eigenvalue weighted by molar-refractivity contribution is 5.85. The van der Waals surface area contributed by atoms with Crippen molar-refractivity contribution in [3.05, 3.63) is 35.4 Å². The van der Waals surface area contributed by atoms with Crippen molar-refractivity contribution in [3.63, 3.8) is 0 Å². The third-order valence-corrected chi connectivity index (χ3v) is 5.78. The lowest BCUT2D eigenvalue weighted by molar-refractivity contribution is 0.0718. The molecule has 3 heterocycles. The second-order valence-electron chi connectivity index (χ2n) is 6.94. The minimum Gasteiger partial charge on any atom is -0.312 e. The van der Waals surface area contributed by atoms with Crippen LogP contribution in [-0.2, 0) is 6.42 Å². The molecule has 1 aromatic carbocycles. The van der Waals surface area contributed by atoms with E-state index in [1.807, 2.05) is 0 Å². The summed E-state index contributed by atoms with van der Waals surface area (Å²) >= 11 is 0. The number of hydrogen-bond acceptors (Lipinski definition) is 2. The Labute approximate surface area is 146 Å². The van der Waals surface area contributed by atoms with Crippen LogP contribution in [0.1, 0.15) is 42.7 Å². The predicted molar refractivity (Wildman–Crippen MR) is 97.6 cm³/mol. The Balaban J connectivity index is 0.000000882. The van der Waals surface area contributed by atoms with Crippen LogP contribution in [0.5, 0.6) is 0 Å². The van der Waals surface area contributed by atoms with Crippen molar-refractivity contribution in [1.82, 2.24) is 10.2 Å². The van der Waals surface area contributed by atoms with Crippen LogP contribution in [0.15, 0.2) is 24.3 Å². The van der Waals surface area contributed by atoms with Gasteiger partial charge < -0.3 is 10.2 Å². The van der Waals surface area contributed by atoms with Crippen molar-refractivity contribution in [2.24, 2.45) is 5.92 Å². The molecule has 1 aromatic rings. The van der Waals surface area contributed by atoms with Crippen molar-refractivity contribution < 1.29 is 0 Å². The van der Waals surface area contributed by atoms with E-state index in [1.54, 1.807) is 11.1 Å². The molecular formula is C18H28Cl2N2. The van der Waals surface area contributed by atoms with E-state index in [0.717, 1.165) is 17.9 Å². The van der Waals surface area contributed by atoms with Gasteiger partial charge in [0.25, 0.3) is 0 Å². The Hall–Kier alpha value is -0.280. The lowest BCUT2D eigenvalue weighted by Gasteiger charge is -2.45. The monoisotopic (exact) mass is 342 g/mol. The molecule has 124 valence electrons. The average molecular weight is 343 g/mol. The maximum atomic E-state index is 3.92. The summed E-state index contributed by atoms with van der Waals surface area (Å²) in [5.41, 5.74) is 3.21. The van der Waals surface area contributed by atoms with Crippen LogP contribution in [-0.4, -0.2) is 37.1 Å². The maximum absolute atomic E-state index is 3.92. The van der Waals surface area contributed by atoms with Crippen molar-refractivity contribution >= 4 is 24.8 Å². The van der Waals surface area contributed by atoms with Gasteiger partial charge in [0.2, 0.25) is 0 Å². The third-order valence-electron chi connectivity index (χ3n) is 5.78. The average Bonchev–Trinajstić information content (AvgIpc) is 2.54. The minimum atomic E-state index is 0. The standard InChI is InChI=1S/C18H26N2.2ClH/c1-2-7-17-14(4-1)5-3-6-16(17)12-19-18-13-20-10-8-15(18)9-11-20;;/h1-2,4,7,15-16,18-19H,3,5-6,8-13H2;2*1H. The Bertz CT molecular complexity index is 472. The molecule has 22 heavy (non-hydrogen) atoms. The summed E-state index contributed by atoms with van der Waals surface area (Å²) < 4.78 is 0. The summed E-state index contributed by atoms with van der Waals surface area (Å²) in [5.74, 6) is 1.69. The lowest BCUT2D eigenvalue weighted by atomic mass is 9.81. The number of nitrogens with zero attached hydrogens (tertiary/aromatic N) is 1. The summed E-state index contributed by atoms with van der Waals surface area (Å²) in [7, 11) is 0. The molecule has 3 fully saturated rings. The Kier molecular flexibility index (Phi) is 6.58. The Morgan fingerprint density at radius 1 is 1.05 bits per heavy atom. The van der Waals surface area contributed by atoms with Gasteiger partial charge in [0.05, 0.1) is 0 Å². The first-order valence-corrected chi connectivity index (χ1v) is 8.44. The van der Waals surface area contributed by atoms with Crippen LogP contribution < -0.4 is 5.32 Å². The SMILES string of the molecule is Cl.Cl.c1ccc2c(c1)CCCC2CNC1CN2CCC1CC2. The number of benzene rings is 1. The van der Waals surface area contributed by atoms with Crippen LogP contribution >= 0.6 is 24.8 Å². The molecule has 2 unspecified atom stereocenters. The van der Waals surface area contributed by atoms with Crippen molar-refractivity contribution in [2.75, 3.05) is 26.2 Å². The topological polar surface area (TPSA) is 15.3 Å². The van der Waals surface area contributed by atoms with Gasteiger partial charge in [-0.25, -0.2) is 0 Å². The molecule has 3 aliphatic heterocycles. The van der Waals surface area contributed by atoms with Crippen LogP contribution in [0.2, 0.25) is 0 Å². The molecule has 1 aliphatic carbocycles. The molecule has 4 heteroatoms.